The average Bonchev–Trinajstić information content (AvgIpc) is 3.15. The molecule has 52 heavy (non-hydrogen) atoms. The van der Waals surface area contributed by atoms with E-state index >= 15 is 0 Å². The van der Waals surface area contributed by atoms with Crippen molar-refractivity contribution in [2.45, 2.75) is 31.7 Å². The van der Waals surface area contributed by atoms with Gasteiger partial charge in [-0.05, 0) is 73.9 Å². The van der Waals surface area contributed by atoms with Crippen LogP contribution in [0.4, 0.5) is 11.4 Å². The normalized spacial score (nSPS) is 16.3. The number of nitrogens with zero attached hydrogens (tertiary/aromatic N) is 2. The third kappa shape index (κ3) is 11.4. The Morgan fingerprint density at radius 1 is 1.02 bits per heavy atom. The maximum atomic E-state index is 12.7. The van der Waals surface area contributed by atoms with Crippen LogP contribution in [0.3, 0.4) is 0 Å². The summed E-state index contributed by atoms with van der Waals surface area (Å²) in [5, 5.41) is 19.4. The van der Waals surface area contributed by atoms with Gasteiger partial charge in [0, 0.05) is 66.5 Å². The molecule has 14 heteroatoms. The molecule has 1 atom stereocenters. The highest BCUT2D eigenvalue weighted by molar-refractivity contribution is 6.04. The number of aliphatic imine (C=N–C) groups is 1. The van der Waals surface area contributed by atoms with Gasteiger partial charge in [-0.1, -0.05) is 6.07 Å². The largest absolute Gasteiger partial charge is 0.508 e. The lowest BCUT2D eigenvalue weighted by Gasteiger charge is -2.27. The zero-order valence-electron chi connectivity index (χ0n) is 28.9. The molecular formula is C38H45N7O7. The van der Waals surface area contributed by atoms with Crippen molar-refractivity contribution in [2.75, 3.05) is 51.4 Å². The van der Waals surface area contributed by atoms with Crippen molar-refractivity contribution in [3.05, 3.63) is 113 Å². The predicted octanol–water partition coefficient (Wildman–Crippen LogP) is 4.10. The van der Waals surface area contributed by atoms with Crippen LogP contribution >= 0.6 is 0 Å². The molecule has 1 fully saturated rings. The van der Waals surface area contributed by atoms with Gasteiger partial charge in [0.05, 0.1) is 38.2 Å². The third-order valence-corrected chi connectivity index (χ3v) is 8.11. The number of nitrogens with two attached hydrogens (primary N) is 2. The van der Waals surface area contributed by atoms with Crippen LogP contribution in [0.1, 0.15) is 36.2 Å². The Morgan fingerprint density at radius 2 is 1.83 bits per heavy atom. The average molecular weight is 712 g/mol. The number of rotatable bonds is 18. The minimum Gasteiger partial charge on any atom is -0.508 e. The molecule has 5 rings (SSSR count). The first kappa shape index (κ1) is 37.6. The lowest BCUT2D eigenvalue weighted by Crippen LogP contribution is -2.41. The number of fused-ring (bicyclic) bond motifs is 1. The zero-order chi connectivity index (χ0) is 36.5. The SMILES string of the molecule is N/C=C1\C(=Nc2ccc(OCCOCCOCCNCC/C(N)=C/Nc3cc4ccc(O)cc4oc3=O)cc2)CCCC1NC(=O)c1ccccn1. The van der Waals surface area contributed by atoms with Crippen LogP contribution in [0.5, 0.6) is 11.5 Å². The number of phenols is 1. The van der Waals surface area contributed by atoms with Gasteiger partial charge in [-0.15, -0.1) is 0 Å². The number of carbonyl (C=O) groups is 1. The number of anilines is 1. The number of pyridine rings is 1. The van der Waals surface area contributed by atoms with Crippen LogP contribution < -0.4 is 37.8 Å². The standard InChI is InChI=1S/C38H45N7O7/c39-24-31-32(5-3-6-33(31)45-37(47)34-4-1-2-14-42-34)44-28-8-11-30(12-9-28)51-21-20-50-19-18-49-17-16-41-15-13-27(40)25-43-35-22-26-7-10-29(46)23-36(26)52-38(35)48/h1-2,4,7-12,14,22-25,33,41,43,46H,3,5-6,13,15-21,39-40H2,(H,45,47)/b27-25-,31-24+,44-32?. The van der Waals surface area contributed by atoms with Gasteiger partial charge in [0.1, 0.15) is 35.1 Å². The number of hydrogen-bond acceptors (Lipinski definition) is 13. The van der Waals surface area contributed by atoms with E-state index in [1.54, 1.807) is 42.7 Å². The topological polar surface area (TPSA) is 209 Å². The van der Waals surface area contributed by atoms with E-state index in [0.29, 0.717) is 80.7 Å². The molecule has 0 bridgehead atoms. The summed E-state index contributed by atoms with van der Waals surface area (Å²) in [5.41, 5.74) is 15.4. The molecule has 1 aliphatic carbocycles. The van der Waals surface area contributed by atoms with Crippen LogP contribution in [-0.2, 0) is 9.47 Å². The second-order valence-corrected chi connectivity index (χ2v) is 11.9. The molecule has 0 aliphatic heterocycles. The van der Waals surface area contributed by atoms with E-state index in [2.05, 4.69) is 20.9 Å². The van der Waals surface area contributed by atoms with Gasteiger partial charge in [0.15, 0.2) is 0 Å². The molecule has 1 saturated carbocycles. The summed E-state index contributed by atoms with van der Waals surface area (Å²) in [6.07, 6.45) is 7.70. The number of ether oxygens (including phenoxy) is 3. The van der Waals surface area contributed by atoms with Gasteiger partial charge in [-0.25, -0.2) is 4.79 Å². The molecule has 8 N–H and O–H groups in total. The Hall–Kier alpha value is -5.70. The van der Waals surface area contributed by atoms with Crippen molar-refractivity contribution in [3.63, 3.8) is 0 Å². The van der Waals surface area contributed by atoms with E-state index in [-0.39, 0.29) is 23.4 Å². The number of nitrogens with one attached hydrogen (secondary N) is 3. The quantitative estimate of drug-likeness (QED) is 0.0637. The van der Waals surface area contributed by atoms with Gasteiger partial charge >= 0.3 is 5.63 Å². The maximum absolute atomic E-state index is 12.7. The van der Waals surface area contributed by atoms with E-state index in [1.165, 1.54) is 18.3 Å². The highest BCUT2D eigenvalue weighted by Crippen LogP contribution is 2.26. The Balaban J connectivity index is 0.904. The molecule has 14 nitrogen and oxygen atoms in total. The Morgan fingerprint density at radius 3 is 2.62 bits per heavy atom. The van der Waals surface area contributed by atoms with Crippen LogP contribution in [0.15, 0.2) is 111 Å². The summed E-state index contributed by atoms with van der Waals surface area (Å²) in [6, 6.07) is 18.7. The first-order valence-corrected chi connectivity index (χ1v) is 17.2. The Labute approximate surface area is 301 Å². The highest BCUT2D eigenvalue weighted by Gasteiger charge is 2.26. The fourth-order valence-electron chi connectivity index (χ4n) is 5.44. The minimum absolute atomic E-state index is 0.0264. The second-order valence-electron chi connectivity index (χ2n) is 11.9. The number of aromatic nitrogens is 1. The number of phenolic OH excluding ortho intramolecular Hbond substituents is 1. The lowest BCUT2D eigenvalue weighted by atomic mass is 9.88. The summed E-state index contributed by atoms with van der Waals surface area (Å²) in [4.78, 5) is 33.8. The molecule has 2 aromatic carbocycles. The first-order valence-electron chi connectivity index (χ1n) is 17.2. The number of aromatic hydroxyl groups is 1. The molecule has 2 heterocycles. The number of amides is 1. The van der Waals surface area contributed by atoms with Crippen LogP contribution in [0.25, 0.3) is 11.0 Å². The van der Waals surface area contributed by atoms with Gasteiger partial charge in [0.2, 0.25) is 0 Å². The second kappa shape index (κ2) is 19.6. The molecule has 274 valence electrons. The number of benzene rings is 2. The van der Waals surface area contributed by atoms with Gasteiger partial charge in [-0.2, -0.15) is 0 Å². The van der Waals surface area contributed by atoms with Crippen LogP contribution in [0.2, 0.25) is 0 Å². The van der Waals surface area contributed by atoms with E-state index in [1.807, 2.05) is 24.3 Å². The summed E-state index contributed by atoms with van der Waals surface area (Å²) >= 11 is 0. The summed E-state index contributed by atoms with van der Waals surface area (Å²) in [5.74, 6) is 0.497. The highest BCUT2D eigenvalue weighted by atomic mass is 16.5. The minimum atomic E-state index is -0.553. The molecule has 0 saturated heterocycles. The van der Waals surface area contributed by atoms with Crippen molar-refractivity contribution in [3.8, 4) is 11.5 Å². The van der Waals surface area contributed by atoms with E-state index in [9.17, 15) is 14.7 Å². The van der Waals surface area contributed by atoms with Crippen molar-refractivity contribution < 1.29 is 28.5 Å². The smallest absolute Gasteiger partial charge is 0.360 e. The molecule has 0 spiro atoms. The van der Waals surface area contributed by atoms with E-state index < -0.39 is 5.63 Å². The predicted molar refractivity (Wildman–Crippen MR) is 200 cm³/mol. The number of hydrogen-bond donors (Lipinski definition) is 6. The molecule has 2 aromatic heterocycles. The molecule has 4 aromatic rings. The van der Waals surface area contributed by atoms with Crippen molar-refractivity contribution >= 4 is 34.0 Å². The Bertz CT molecular complexity index is 1910. The van der Waals surface area contributed by atoms with Crippen LogP contribution in [0, 0.1) is 0 Å². The zero-order valence-corrected chi connectivity index (χ0v) is 28.9. The lowest BCUT2D eigenvalue weighted by molar-refractivity contribution is 0.0373. The summed E-state index contributed by atoms with van der Waals surface area (Å²) in [7, 11) is 0. The van der Waals surface area contributed by atoms with Gasteiger partial charge in [-0.3, -0.25) is 14.8 Å². The molecule has 0 radical (unpaired) electrons. The van der Waals surface area contributed by atoms with E-state index in [0.717, 1.165) is 36.2 Å². The maximum Gasteiger partial charge on any atom is 0.360 e. The van der Waals surface area contributed by atoms with Crippen molar-refractivity contribution in [1.29, 1.82) is 0 Å². The Kier molecular flexibility index (Phi) is 14.2. The molecule has 1 unspecified atom stereocenters. The molecule has 1 amide bonds. The van der Waals surface area contributed by atoms with E-state index in [4.69, 9.17) is 35.1 Å². The molecule has 1 aliphatic rings. The molecular weight excluding hydrogens is 666 g/mol. The van der Waals surface area contributed by atoms with Gasteiger partial charge in [0.25, 0.3) is 5.91 Å². The third-order valence-electron chi connectivity index (χ3n) is 8.11. The van der Waals surface area contributed by atoms with Crippen molar-refractivity contribution in [2.24, 2.45) is 16.5 Å². The fraction of sp³-hybridized carbons (Fsp3) is 0.316. The number of carbonyl (C=O) groups excluding carboxylic acids is 1. The van der Waals surface area contributed by atoms with Gasteiger partial charge < -0.3 is 51.2 Å². The van der Waals surface area contributed by atoms with Crippen LogP contribution in [-0.4, -0.2) is 73.9 Å². The monoisotopic (exact) mass is 711 g/mol. The van der Waals surface area contributed by atoms with Crippen molar-refractivity contribution in [1.82, 2.24) is 15.6 Å². The fourth-order valence-corrected chi connectivity index (χ4v) is 5.44. The first-order chi connectivity index (χ1) is 25.4. The summed E-state index contributed by atoms with van der Waals surface area (Å²) in [6.45, 7) is 3.54. The summed E-state index contributed by atoms with van der Waals surface area (Å²) < 4.78 is 22.3.